The lowest BCUT2D eigenvalue weighted by Gasteiger charge is -2.07. The fourth-order valence-electron chi connectivity index (χ4n) is 1.96. The van der Waals surface area contributed by atoms with Crippen LogP contribution in [0.1, 0.15) is 27.2 Å². The second-order valence-electron chi connectivity index (χ2n) is 4.60. The number of carbonyl (C=O) groups is 1. The lowest BCUT2D eigenvalue weighted by molar-refractivity contribution is 0.102. The highest BCUT2D eigenvalue weighted by atomic mass is 32.2. The number of Topliss-reactive ketones (excluding diaryl/α,β-unsaturated/α-hetero) is 1. The van der Waals surface area contributed by atoms with Crippen LogP contribution in [-0.2, 0) is 0 Å². The summed E-state index contributed by atoms with van der Waals surface area (Å²) in [6.45, 7) is 3.70. The molecule has 0 aliphatic carbocycles. The van der Waals surface area contributed by atoms with E-state index < -0.39 is 0 Å². The molecule has 2 rings (SSSR count). The van der Waals surface area contributed by atoms with Crippen LogP contribution in [-0.4, -0.2) is 21.6 Å². The predicted octanol–water partition coefficient (Wildman–Crippen LogP) is 3.25. The number of hydrogen-bond donors (Lipinski definition) is 1. The zero-order chi connectivity index (χ0) is 15.4. The number of aromatic nitrogens is 1. The Balaban J connectivity index is 2.20. The number of benzene rings is 1. The summed E-state index contributed by atoms with van der Waals surface area (Å²) in [7, 11) is 0. The van der Waals surface area contributed by atoms with Crippen LogP contribution < -0.4 is 0 Å². The number of aryl methyl sites for hydroxylation is 2. The molecule has 0 amide bonds. The smallest absolute Gasteiger partial charge is 0.176 e. The first kappa shape index (κ1) is 15.1. The minimum atomic E-state index is -0.192. The van der Waals surface area contributed by atoms with Crippen molar-refractivity contribution in [3.63, 3.8) is 0 Å². The Morgan fingerprint density at radius 2 is 2.10 bits per heavy atom. The van der Waals surface area contributed by atoms with Crippen LogP contribution >= 0.6 is 11.8 Å². The Hall–Kier alpha value is -2.32. The Morgan fingerprint density at radius 1 is 1.38 bits per heavy atom. The molecule has 0 spiro atoms. The minimum absolute atomic E-state index is 0.0306. The summed E-state index contributed by atoms with van der Waals surface area (Å²) in [5, 5.41) is 19.4. The van der Waals surface area contributed by atoms with Gasteiger partial charge in [-0.2, -0.15) is 5.26 Å². The number of ketones is 1. The Morgan fingerprint density at radius 3 is 2.76 bits per heavy atom. The van der Waals surface area contributed by atoms with Crippen molar-refractivity contribution in [3.05, 3.63) is 52.7 Å². The monoisotopic (exact) mass is 298 g/mol. The molecule has 0 atom stereocenters. The second kappa shape index (κ2) is 6.42. The molecule has 1 aromatic heterocycles. The zero-order valence-corrected chi connectivity index (χ0v) is 12.6. The molecule has 21 heavy (non-hydrogen) atoms. The van der Waals surface area contributed by atoms with Crippen LogP contribution in [0.5, 0.6) is 5.75 Å². The SMILES string of the molecule is Cc1cc(C)c(C#N)c(SCC(=O)c2ccccc2O)n1. The summed E-state index contributed by atoms with van der Waals surface area (Å²) in [6, 6.07) is 10.4. The third-order valence-corrected chi connectivity index (χ3v) is 3.94. The van der Waals surface area contributed by atoms with Gasteiger partial charge in [0.1, 0.15) is 16.8 Å². The normalized spacial score (nSPS) is 10.1. The van der Waals surface area contributed by atoms with E-state index in [9.17, 15) is 15.2 Å². The number of phenols is 1. The predicted molar refractivity (Wildman–Crippen MR) is 81.6 cm³/mol. The molecule has 0 aliphatic heterocycles. The molecule has 0 unspecified atom stereocenters. The lowest BCUT2D eigenvalue weighted by Crippen LogP contribution is -2.04. The highest BCUT2D eigenvalue weighted by Crippen LogP contribution is 2.25. The Kier molecular flexibility index (Phi) is 4.61. The summed E-state index contributed by atoms with van der Waals surface area (Å²) in [5.74, 6) is -0.0952. The van der Waals surface area contributed by atoms with E-state index in [2.05, 4.69) is 11.1 Å². The summed E-state index contributed by atoms with van der Waals surface area (Å²) < 4.78 is 0. The fourth-order valence-corrected chi connectivity index (χ4v) is 2.95. The molecule has 106 valence electrons. The first-order valence-corrected chi connectivity index (χ1v) is 7.34. The number of rotatable bonds is 4. The number of hydrogen-bond acceptors (Lipinski definition) is 5. The van der Waals surface area contributed by atoms with E-state index >= 15 is 0 Å². The van der Waals surface area contributed by atoms with Crippen LogP contribution in [0.25, 0.3) is 0 Å². The molecule has 1 N–H and O–H groups in total. The van der Waals surface area contributed by atoms with Crippen molar-refractivity contribution in [1.82, 2.24) is 4.98 Å². The molecular weight excluding hydrogens is 284 g/mol. The molecule has 4 nitrogen and oxygen atoms in total. The van der Waals surface area contributed by atoms with E-state index in [1.54, 1.807) is 18.2 Å². The highest BCUT2D eigenvalue weighted by molar-refractivity contribution is 8.00. The quantitative estimate of drug-likeness (QED) is 0.692. The van der Waals surface area contributed by atoms with Crippen molar-refractivity contribution in [2.75, 3.05) is 5.75 Å². The van der Waals surface area contributed by atoms with Crippen molar-refractivity contribution < 1.29 is 9.90 Å². The van der Waals surface area contributed by atoms with Gasteiger partial charge in [-0.3, -0.25) is 4.79 Å². The number of phenolic OH excluding ortho intramolecular Hbond substituents is 1. The summed E-state index contributed by atoms with van der Waals surface area (Å²) in [4.78, 5) is 16.4. The molecule has 0 bridgehead atoms. The maximum atomic E-state index is 12.1. The average Bonchev–Trinajstić information content (AvgIpc) is 2.44. The Bertz CT molecular complexity index is 736. The van der Waals surface area contributed by atoms with Gasteiger partial charge in [0.05, 0.1) is 16.9 Å². The van der Waals surface area contributed by atoms with Crippen molar-refractivity contribution in [3.8, 4) is 11.8 Å². The van der Waals surface area contributed by atoms with Crippen LogP contribution in [0, 0.1) is 25.2 Å². The van der Waals surface area contributed by atoms with Crippen LogP contribution in [0.2, 0.25) is 0 Å². The molecule has 0 fully saturated rings. The molecule has 0 saturated heterocycles. The standard InChI is InChI=1S/C16H14N2O2S/c1-10-7-11(2)18-16(13(10)8-17)21-9-15(20)12-5-3-4-6-14(12)19/h3-7,19H,9H2,1-2H3. The van der Waals surface area contributed by atoms with Crippen molar-refractivity contribution in [2.45, 2.75) is 18.9 Å². The van der Waals surface area contributed by atoms with Gasteiger partial charge >= 0.3 is 0 Å². The van der Waals surface area contributed by atoms with E-state index in [0.29, 0.717) is 10.6 Å². The van der Waals surface area contributed by atoms with Gasteiger partial charge in [0, 0.05) is 5.69 Å². The largest absolute Gasteiger partial charge is 0.507 e. The molecule has 2 aromatic rings. The van der Waals surface area contributed by atoms with Gasteiger partial charge in [-0.05, 0) is 37.6 Å². The molecule has 0 saturated carbocycles. The first-order chi connectivity index (χ1) is 10.0. The number of carbonyl (C=O) groups excluding carboxylic acids is 1. The number of nitriles is 1. The molecular formula is C16H14N2O2S. The third-order valence-electron chi connectivity index (χ3n) is 2.97. The highest BCUT2D eigenvalue weighted by Gasteiger charge is 2.14. The van der Waals surface area contributed by atoms with Crippen LogP contribution in [0.15, 0.2) is 35.4 Å². The molecule has 0 aliphatic rings. The molecule has 0 radical (unpaired) electrons. The van der Waals surface area contributed by atoms with Gasteiger partial charge in [-0.15, -0.1) is 0 Å². The summed E-state index contributed by atoms with van der Waals surface area (Å²) in [5.41, 5.74) is 2.44. The van der Waals surface area contributed by atoms with Crippen LogP contribution in [0.3, 0.4) is 0 Å². The third kappa shape index (κ3) is 3.41. The fraction of sp³-hybridized carbons (Fsp3) is 0.188. The molecule has 5 heteroatoms. The topological polar surface area (TPSA) is 74.0 Å². The maximum absolute atomic E-state index is 12.1. The second-order valence-corrected chi connectivity index (χ2v) is 5.57. The van der Waals surface area contributed by atoms with E-state index in [0.717, 1.165) is 11.3 Å². The van der Waals surface area contributed by atoms with Crippen molar-refractivity contribution in [1.29, 1.82) is 5.26 Å². The summed E-state index contributed by atoms with van der Waals surface area (Å²) >= 11 is 1.22. The van der Waals surface area contributed by atoms with Gasteiger partial charge in [0.2, 0.25) is 0 Å². The minimum Gasteiger partial charge on any atom is -0.507 e. The first-order valence-electron chi connectivity index (χ1n) is 6.35. The maximum Gasteiger partial charge on any atom is 0.176 e. The van der Waals surface area contributed by atoms with Gasteiger partial charge in [0.15, 0.2) is 5.78 Å². The van der Waals surface area contributed by atoms with Crippen molar-refractivity contribution in [2.24, 2.45) is 0 Å². The van der Waals surface area contributed by atoms with Crippen molar-refractivity contribution >= 4 is 17.5 Å². The molecule has 1 heterocycles. The number of nitrogens with zero attached hydrogens (tertiary/aromatic N) is 2. The van der Waals surface area contributed by atoms with Gasteiger partial charge in [-0.1, -0.05) is 23.9 Å². The van der Waals surface area contributed by atoms with Gasteiger partial charge in [-0.25, -0.2) is 4.98 Å². The van der Waals surface area contributed by atoms with Gasteiger partial charge < -0.3 is 5.11 Å². The van der Waals surface area contributed by atoms with E-state index in [1.165, 1.54) is 17.8 Å². The lowest BCUT2D eigenvalue weighted by atomic mass is 10.1. The number of pyridine rings is 1. The number of thioether (sulfide) groups is 1. The summed E-state index contributed by atoms with van der Waals surface area (Å²) in [6.07, 6.45) is 0. The van der Waals surface area contributed by atoms with Gasteiger partial charge in [0.25, 0.3) is 0 Å². The number of para-hydroxylation sites is 1. The average molecular weight is 298 g/mol. The zero-order valence-electron chi connectivity index (χ0n) is 11.8. The van der Waals surface area contributed by atoms with Crippen LogP contribution in [0.4, 0.5) is 0 Å². The molecule has 1 aromatic carbocycles. The van der Waals surface area contributed by atoms with E-state index in [-0.39, 0.29) is 22.8 Å². The Labute approximate surface area is 127 Å². The number of aromatic hydroxyl groups is 1. The van der Waals surface area contributed by atoms with E-state index in [1.807, 2.05) is 19.9 Å². The van der Waals surface area contributed by atoms with E-state index in [4.69, 9.17) is 0 Å².